The van der Waals surface area contributed by atoms with E-state index in [1.54, 1.807) is 0 Å². The lowest BCUT2D eigenvalue weighted by Crippen LogP contribution is -2.42. The molecule has 0 aromatic carbocycles. The van der Waals surface area contributed by atoms with E-state index in [0.29, 0.717) is 0 Å². The Hall–Kier alpha value is -0.570. The van der Waals surface area contributed by atoms with Gasteiger partial charge in [-0.25, -0.2) is 0 Å². The number of carboxylic acid groups (broad SMARTS) is 1. The Morgan fingerprint density at radius 3 is 1.92 bits per heavy atom. The van der Waals surface area contributed by atoms with Crippen LogP contribution in [-0.2, 0) is 4.79 Å². The van der Waals surface area contributed by atoms with E-state index in [9.17, 15) is 4.79 Å². The molecule has 0 fully saturated rings. The third-order valence-corrected chi connectivity index (χ3v) is 3.29. The van der Waals surface area contributed by atoms with Crippen LogP contribution in [0.25, 0.3) is 0 Å². The lowest BCUT2D eigenvalue weighted by atomic mass is 9.72. The van der Waals surface area contributed by atoms with E-state index in [2.05, 4.69) is 20.8 Å². The molecule has 0 saturated heterocycles. The van der Waals surface area contributed by atoms with Crippen LogP contribution in [0.4, 0.5) is 0 Å². The fraction of sp³-hybridized carbons (Fsp3) is 0.900. The van der Waals surface area contributed by atoms with Gasteiger partial charge < -0.3 is 10.8 Å². The monoisotopic (exact) mass is 187 g/mol. The van der Waals surface area contributed by atoms with Crippen molar-refractivity contribution in [1.82, 2.24) is 0 Å². The number of rotatable bonds is 6. The molecule has 0 aliphatic rings. The van der Waals surface area contributed by atoms with Gasteiger partial charge in [0.25, 0.3) is 0 Å². The van der Waals surface area contributed by atoms with Crippen molar-refractivity contribution < 1.29 is 9.90 Å². The van der Waals surface area contributed by atoms with Gasteiger partial charge in [-0.3, -0.25) is 4.79 Å². The molecule has 0 spiro atoms. The first kappa shape index (κ1) is 12.4. The van der Waals surface area contributed by atoms with Crippen molar-refractivity contribution in [2.45, 2.75) is 52.5 Å². The maximum Gasteiger partial charge on any atom is 0.304 e. The molecule has 0 radical (unpaired) electrons. The van der Waals surface area contributed by atoms with Crippen LogP contribution in [0.1, 0.15) is 46.5 Å². The van der Waals surface area contributed by atoms with Crippen molar-refractivity contribution in [2.75, 3.05) is 0 Å². The Morgan fingerprint density at radius 1 is 1.31 bits per heavy atom. The van der Waals surface area contributed by atoms with Crippen LogP contribution in [-0.4, -0.2) is 17.1 Å². The quantitative estimate of drug-likeness (QED) is 0.668. The molecule has 0 bridgehead atoms. The maximum atomic E-state index is 10.5. The van der Waals surface area contributed by atoms with Crippen LogP contribution in [0.3, 0.4) is 0 Å². The number of carboxylic acids is 1. The standard InChI is InChI=1S/C10H21NO2/c1-4-10(5-2,6-3)8(11)7-9(12)13/h8H,4-7,11H2,1-3H3,(H,12,13). The molecule has 0 aromatic heterocycles. The summed E-state index contributed by atoms with van der Waals surface area (Å²) < 4.78 is 0. The predicted octanol–water partition coefficient (Wildman–Crippen LogP) is 2.00. The lowest BCUT2D eigenvalue weighted by molar-refractivity contribution is -0.138. The summed E-state index contributed by atoms with van der Waals surface area (Å²) in [5.74, 6) is -0.799. The summed E-state index contributed by atoms with van der Waals surface area (Å²) >= 11 is 0. The van der Waals surface area contributed by atoms with Crippen LogP contribution < -0.4 is 5.73 Å². The first-order valence-corrected chi connectivity index (χ1v) is 4.99. The highest BCUT2D eigenvalue weighted by Gasteiger charge is 2.32. The van der Waals surface area contributed by atoms with Crippen molar-refractivity contribution in [3.63, 3.8) is 0 Å². The minimum Gasteiger partial charge on any atom is -0.481 e. The molecule has 3 heteroatoms. The Kier molecular flexibility index (Phi) is 4.99. The summed E-state index contributed by atoms with van der Waals surface area (Å²) in [7, 11) is 0. The van der Waals surface area contributed by atoms with Gasteiger partial charge in [-0.15, -0.1) is 0 Å². The fourth-order valence-corrected chi connectivity index (χ4v) is 1.94. The van der Waals surface area contributed by atoms with E-state index in [0.717, 1.165) is 19.3 Å². The van der Waals surface area contributed by atoms with E-state index in [1.165, 1.54) is 0 Å². The smallest absolute Gasteiger partial charge is 0.304 e. The molecule has 0 aliphatic heterocycles. The normalized spacial score (nSPS) is 14.2. The van der Waals surface area contributed by atoms with E-state index in [4.69, 9.17) is 10.8 Å². The molecular formula is C10H21NO2. The summed E-state index contributed by atoms with van der Waals surface area (Å²) in [6.45, 7) is 6.23. The van der Waals surface area contributed by atoms with Crippen LogP contribution in [0, 0.1) is 5.41 Å². The van der Waals surface area contributed by atoms with Crippen molar-refractivity contribution in [2.24, 2.45) is 11.1 Å². The van der Waals surface area contributed by atoms with Gasteiger partial charge in [-0.1, -0.05) is 20.8 Å². The van der Waals surface area contributed by atoms with Gasteiger partial charge >= 0.3 is 5.97 Å². The minimum absolute atomic E-state index is 0.0123. The fourth-order valence-electron chi connectivity index (χ4n) is 1.94. The Bertz CT molecular complexity index is 156. The molecule has 0 rings (SSSR count). The first-order chi connectivity index (χ1) is 6.02. The van der Waals surface area contributed by atoms with Crippen LogP contribution in [0.2, 0.25) is 0 Å². The molecule has 3 nitrogen and oxygen atoms in total. The lowest BCUT2D eigenvalue weighted by Gasteiger charge is -2.36. The molecule has 1 unspecified atom stereocenters. The number of aliphatic carboxylic acids is 1. The SMILES string of the molecule is CCC(CC)(CC)C(N)CC(=O)O. The van der Waals surface area contributed by atoms with Gasteiger partial charge in [0.2, 0.25) is 0 Å². The highest BCUT2D eigenvalue weighted by molar-refractivity contribution is 5.67. The van der Waals surface area contributed by atoms with Crippen molar-refractivity contribution in [3.8, 4) is 0 Å². The molecule has 0 amide bonds. The second-order valence-electron chi connectivity index (χ2n) is 3.63. The zero-order chi connectivity index (χ0) is 10.5. The summed E-state index contributed by atoms with van der Waals surface area (Å²) in [6, 6.07) is -0.218. The second-order valence-corrected chi connectivity index (χ2v) is 3.63. The van der Waals surface area contributed by atoms with Gasteiger partial charge in [-0.2, -0.15) is 0 Å². The zero-order valence-electron chi connectivity index (χ0n) is 8.84. The zero-order valence-corrected chi connectivity index (χ0v) is 8.84. The van der Waals surface area contributed by atoms with E-state index < -0.39 is 5.97 Å². The summed E-state index contributed by atoms with van der Waals surface area (Å²) in [4.78, 5) is 10.5. The summed E-state index contributed by atoms with van der Waals surface area (Å²) in [5.41, 5.74) is 5.92. The highest BCUT2D eigenvalue weighted by Crippen LogP contribution is 2.34. The summed E-state index contributed by atoms with van der Waals surface area (Å²) in [6.07, 6.45) is 2.94. The molecule has 13 heavy (non-hydrogen) atoms. The average Bonchev–Trinajstić information content (AvgIpc) is 2.07. The Balaban J connectivity index is 4.43. The van der Waals surface area contributed by atoms with Gasteiger partial charge in [-0.05, 0) is 24.7 Å². The largest absolute Gasteiger partial charge is 0.481 e. The number of hydrogen-bond acceptors (Lipinski definition) is 2. The van der Waals surface area contributed by atoms with Gasteiger partial charge in [0.05, 0.1) is 6.42 Å². The molecule has 78 valence electrons. The average molecular weight is 187 g/mol. The predicted molar refractivity (Wildman–Crippen MR) is 53.5 cm³/mol. The molecule has 0 aromatic rings. The highest BCUT2D eigenvalue weighted by atomic mass is 16.4. The van der Waals surface area contributed by atoms with Gasteiger partial charge in [0.15, 0.2) is 0 Å². The Labute approximate surface area is 80.3 Å². The minimum atomic E-state index is -0.799. The van der Waals surface area contributed by atoms with Crippen LogP contribution in [0.15, 0.2) is 0 Å². The molecule has 0 saturated carbocycles. The third-order valence-electron chi connectivity index (χ3n) is 3.29. The Morgan fingerprint density at radius 2 is 1.69 bits per heavy atom. The van der Waals surface area contributed by atoms with E-state index in [1.807, 2.05) is 0 Å². The molecule has 3 N–H and O–H groups in total. The van der Waals surface area contributed by atoms with Crippen molar-refractivity contribution in [3.05, 3.63) is 0 Å². The van der Waals surface area contributed by atoms with Gasteiger partial charge in [0.1, 0.15) is 0 Å². The maximum absolute atomic E-state index is 10.5. The van der Waals surface area contributed by atoms with Crippen molar-refractivity contribution in [1.29, 1.82) is 0 Å². The molecule has 0 aliphatic carbocycles. The van der Waals surface area contributed by atoms with Crippen molar-refractivity contribution >= 4 is 5.97 Å². The molecule has 0 heterocycles. The molecular weight excluding hydrogens is 166 g/mol. The van der Waals surface area contributed by atoms with Crippen LogP contribution in [0.5, 0.6) is 0 Å². The number of carbonyl (C=O) groups is 1. The number of hydrogen-bond donors (Lipinski definition) is 2. The third kappa shape index (κ3) is 2.99. The second kappa shape index (κ2) is 5.22. The molecule has 1 atom stereocenters. The van der Waals surface area contributed by atoms with Crippen LogP contribution >= 0.6 is 0 Å². The van der Waals surface area contributed by atoms with Gasteiger partial charge in [0, 0.05) is 6.04 Å². The van der Waals surface area contributed by atoms with E-state index >= 15 is 0 Å². The topological polar surface area (TPSA) is 63.3 Å². The first-order valence-electron chi connectivity index (χ1n) is 4.99. The van der Waals surface area contributed by atoms with E-state index in [-0.39, 0.29) is 17.9 Å². The summed E-state index contributed by atoms with van der Waals surface area (Å²) in [5, 5.41) is 8.65. The number of nitrogens with two attached hydrogens (primary N) is 1.